The summed E-state index contributed by atoms with van der Waals surface area (Å²) in [5, 5.41) is 15.5. The Bertz CT molecular complexity index is 598. The van der Waals surface area contributed by atoms with Crippen LogP contribution >= 0.6 is 0 Å². The molecule has 0 unspecified atom stereocenters. The molecule has 0 bridgehead atoms. The summed E-state index contributed by atoms with van der Waals surface area (Å²) < 4.78 is 0. The predicted molar refractivity (Wildman–Crippen MR) is 70.7 cm³/mol. The van der Waals surface area contributed by atoms with Gasteiger partial charge in [-0.25, -0.2) is 4.98 Å². The van der Waals surface area contributed by atoms with Gasteiger partial charge < -0.3 is 11.1 Å². The van der Waals surface area contributed by atoms with Crippen molar-refractivity contribution in [2.45, 2.75) is 6.92 Å². The van der Waals surface area contributed by atoms with E-state index in [0.717, 1.165) is 5.39 Å². The Morgan fingerprint density at radius 3 is 2.83 bits per heavy atom. The molecule has 1 aromatic heterocycles. The Hall–Kier alpha value is -2.21. The summed E-state index contributed by atoms with van der Waals surface area (Å²) in [7, 11) is 0. The second-order valence-electron chi connectivity index (χ2n) is 3.96. The van der Waals surface area contributed by atoms with Crippen LogP contribution in [-0.2, 0) is 0 Å². The average Bonchev–Trinajstić information content (AvgIpc) is 2.35. The largest absolute Gasteiger partial charge is 0.368 e. The number of pyridine rings is 1. The van der Waals surface area contributed by atoms with E-state index in [-0.39, 0.29) is 10.6 Å². The molecule has 0 saturated heterocycles. The number of fused-ring (bicyclic) bond motifs is 1. The fourth-order valence-corrected chi connectivity index (χ4v) is 1.92. The summed E-state index contributed by atoms with van der Waals surface area (Å²) >= 11 is 0. The number of nitrogens with zero attached hydrogens (tertiary/aromatic N) is 2. The standard InChI is InChI=1S/C12H14N4O2/c1-8-2-3-10-9(11(8)16(17)18)4-6-14-12(10)15-7-5-13/h2-4,6H,5,7,13H2,1H3,(H,14,15). The van der Waals surface area contributed by atoms with Crippen molar-refractivity contribution in [3.8, 4) is 0 Å². The minimum Gasteiger partial charge on any atom is -0.368 e. The minimum atomic E-state index is -0.357. The van der Waals surface area contributed by atoms with E-state index in [9.17, 15) is 10.1 Å². The highest BCUT2D eigenvalue weighted by Crippen LogP contribution is 2.31. The lowest BCUT2D eigenvalue weighted by atomic mass is 10.1. The van der Waals surface area contributed by atoms with Gasteiger partial charge in [-0.1, -0.05) is 6.07 Å². The first-order valence-electron chi connectivity index (χ1n) is 5.62. The molecule has 0 aliphatic heterocycles. The van der Waals surface area contributed by atoms with E-state index in [1.165, 1.54) is 0 Å². The van der Waals surface area contributed by atoms with Gasteiger partial charge in [0, 0.05) is 30.2 Å². The number of rotatable bonds is 4. The Morgan fingerprint density at radius 2 is 2.17 bits per heavy atom. The molecule has 18 heavy (non-hydrogen) atoms. The molecule has 0 aliphatic rings. The van der Waals surface area contributed by atoms with Crippen LogP contribution in [0.25, 0.3) is 10.8 Å². The maximum absolute atomic E-state index is 11.1. The van der Waals surface area contributed by atoms with Crippen molar-refractivity contribution in [2.75, 3.05) is 18.4 Å². The van der Waals surface area contributed by atoms with Crippen molar-refractivity contribution in [3.63, 3.8) is 0 Å². The lowest BCUT2D eigenvalue weighted by Crippen LogP contribution is -2.14. The van der Waals surface area contributed by atoms with Gasteiger partial charge in [-0.05, 0) is 19.1 Å². The van der Waals surface area contributed by atoms with Gasteiger partial charge in [-0.3, -0.25) is 10.1 Å². The van der Waals surface area contributed by atoms with Crippen molar-refractivity contribution in [2.24, 2.45) is 5.73 Å². The van der Waals surface area contributed by atoms with Crippen LogP contribution in [0.15, 0.2) is 24.4 Å². The molecule has 3 N–H and O–H groups in total. The van der Waals surface area contributed by atoms with E-state index >= 15 is 0 Å². The van der Waals surface area contributed by atoms with Crippen LogP contribution in [0.4, 0.5) is 11.5 Å². The van der Waals surface area contributed by atoms with Crippen LogP contribution in [0.3, 0.4) is 0 Å². The maximum atomic E-state index is 11.1. The van der Waals surface area contributed by atoms with Crippen molar-refractivity contribution < 1.29 is 4.92 Å². The highest BCUT2D eigenvalue weighted by molar-refractivity contribution is 5.98. The molecule has 0 saturated carbocycles. The monoisotopic (exact) mass is 246 g/mol. The number of nitrogens with one attached hydrogen (secondary N) is 1. The first-order valence-corrected chi connectivity index (χ1v) is 5.62. The number of nitro groups is 1. The first-order chi connectivity index (χ1) is 8.65. The first kappa shape index (κ1) is 12.3. The van der Waals surface area contributed by atoms with E-state index in [1.807, 2.05) is 6.07 Å². The number of benzene rings is 1. The molecule has 2 rings (SSSR count). The number of hydrogen-bond acceptors (Lipinski definition) is 5. The van der Waals surface area contributed by atoms with Crippen molar-refractivity contribution in [3.05, 3.63) is 40.1 Å². The van der Waals surface area contributed by atoms with Crippen LogP contribution in [0, 0.1) is 17.0 Å². The molecule has 94 valence electrons. The minimum absolute atomic E-state index is 0.130. The van der Waals surface area contributed by atoms with Gasteiger partial charge in [0.05, 0.1) is 10.3 Å². The van der Waals surface area contributed by atoms with Crippen molar-refractivity contribution in [1.82, 2.24) is 4.98 Å². The van der Waals surface area contributed by atoms with E-state index in [2.05, 4.69) is 10.3 Å². The predicted octanol–water partition coefficient (Wildman–Crippen LogP) is 1.82. The third kappa shape index (κ3) is 2.10. The van der Waals surface area contributed by atoms with Crippen LogP contribution in [0.2, 0.25) is 0 Å². The maximum Gasteiger partial charge on any atom is 0.280 e. The van der Waals surface area contributed by atoms with E-state index < -0.39 is 0 Å². The summed E-state index contributed by atoms with van der Waals surface area (Å²) in [5.41, 5.74) is 6.20. The quantitative estimate of drug-likeness (QED) is 0.634. The number of aryl methyl sites for hydroxylation is 1. The molecule has 0 amide bonds. The molecular formula is C12H14N4O2. The zero-order valence-corrected chi connectivity index (χ0v) is 10.0. The third-order valence-corrected chi connectivity index (χ3v) is 2.74. The third-order valence-electron chi connectivity index (χ3n) is 2.74. The van der Waals surface area contributed by atoms with Gasteiger partial charge in [0.1, 0.15) is 5.82 Å². The molecular weight excluding hydrogens is 232 g/mol. The Balaban J connectivity index is 2.65. The summed E-state index contributed by atoms with van der Waals surface area (Å²) in [6.07, 6.45) is 1.56. The SMILES string of the molecule is Cc1ccc2c(NCCN)nccc2c1[N+](=O)[O-]. The summed E-state index contributed by atoms with van der Waals surface area (Å²) in [6, 6.07) is 5.23. The molecule has 0 spiro atoms. The van der Waals surface area contributed by atoms with E-state index in [1.54, 1.807) is 25.3 Å². The zero-order valence-electron chi connectivity index (χ0n) is 10.0. The lowest BCUT2D eigenvalue weighted by molar-refractivity contribution is -0.383. The summed E-state index contributed by atoms with van der Waals surface area (Å²) in [4.78, 5) is 14.9. The Kier molecular flexibility index (Phi) is 3.38. The van der Waals surface area contributed by atoms with Gasteiger partial charge >= 0.3 is 0 Å². The zero-order chi connectivity index (χ0) is 13.1. The Labute approximate surface area is 104 Å². The van der Waals surface area contributed by atoms with Crippen LogP contribution in [0.5, 0.6) is 0 Å². The van der Waals surface area contributed by atoms with Gasteiger partial charge in [0.15, 0.2) is 0 Å². The normalized spacial score (nSPS) is 10.6. The van der Waals surface area contributed by atoms with E-state index in [4.69, 9.17) is 5.73 Å². The fourth-order valence-electron chi connectivity index (χ4n) is 1.92. The van der Waals surface area contributed by atoms with Crippen molar-refractivity contribution in [1.29, 1.82) is 0 Å². The Morgan fingerprint density at radius 1 is 1.39 bits per heavy atom. The highest BCUT2D eigenvalue weighted by Gasteiger charge is 2.17. The number of hydrogen-bond donors (Lipinski definition) is 2. The van der Waals surface area contributed by atoms with Gasteiger partial charge in [-0.2, -0.15) is 0 Å². The molecule has 6 nitrogen and oxygen atoms in total. The van der Waals surface area contributed by atoms with Crippen LogP contribution in [0.1, 0.15) is 5.56 Å². The number of anilines is 1. The molecule has 0 fully saturated rings. The van der Waals surface area contributed by atoms with E-state index in [0.29, 0.717) is 29.9 Å². The van der Waals surface area contributed by atoms with Gasteiger partial charge in [0.2, 0.25) is 0 Å². The van der Waals surface area contributed by atoms with Gasteiger partial charge in [-0.15, -0.1) is 0 Å². The van der Waals surface area contributed by atoms with Crippen LogP contribution in [-0.4, -0.2) is 23.0 Å². The van der Waals surface area contributed by atoms with Crippen molar-refractivity contribution >= 4 is 22.3 Å². The van der Waals surface area contributed by atoms with Crippen LogP contribution < -0.4 is 11.1 Å². The highest BCUT2D eigenvalue weighted by atomic mass is 16.6. The summed E-state index contributed by atoms with van der Waals surface area (Å²) in [6.45, 7) is 2.78. The molecule has 6 heteroatoms. The molecule has 0 radical (unpaired) electrons. The smallest absolute Gasteiger partial charge is 0.280 e. The topological polar surface area (TPSA) is 94.1 Å². The molecule has 2 aromatic rings. The lowest BCUT2D eigenvalue weighted by Gasteiger charge is -2.08. The molecule has 0 atom stereocenters. The molecule has 1 heterocycles. The molecule has 0 aliphatic carbocycles. The second-order valence-corrected chi connectivity index (χ2v) is 3.96. The van der Waals surface area contributed by atoms with Gasteiger partial charge in [0.25, 0.3) is 5.69 Å². The average molecular weight is 246 g/mol. The second kappa shape index (κ2) is 4.97. The fraction of sp³-hybridized carbons (Fsp3) is 0.250. The number of nitro benzene ring substituents is 1. The number of aromatic nitrogens is 1. The molecule has 1 aromatic carbocycles. The summed E-state index contributed by atoms with van der Waals surface area (Å²) in [5.74, 6) is 0.626. The number of nitrogens with two attached hydrogens (primary N) is 1.